The second kappa shape index (κ2) is 10.8. The van der Waals surface area contributed by atoms with Crippen LogP contribution in [0.3, 0.4) is 0 Å². The van der Waals surface area contributed by atoms with E-state index in [2.05, 4.69) is 30.8 Å². The van der Waals surface area contributed by atoms with Crippen LogP contribution >= 0.6 is 0 Å². The minimum Gasteiger partial charge on any atom is -0.364 e. The zero-order chi connectivity index (χ0) is 29.4. The molecule has 5 aromatic rings. The second-order valence-corrected chi connectivity index (χ2v) is 9.93. The molecule has 0 spiro atoms. The number of fused-ring (bicyclic) bond motifs is 1. The first kappa shape index (κ1) is 26.7. The molecule has 2 atom stereocenters. The number of carbonyl (C=O) groups excluding carboxylic acids is 3. The third-order valence-electron chi connectivity index (χ3n) is 7.20. The van der Waals surface area contributed by atoms with Crippen LogP contribution in [-0.2, 0) is 23.2 Å². The largest absolute Gasteiger partial charge is 0.364 e. The molecule has 3 N–H and O–H groups in total. The van der Waals surface area contributed by atoms with Crippen molar-refractivity contribution in [1.29, 1.82) is 0 Å². The summed E-state index contributed by atoms with van der Waals surface area (Å²) in [5, 5.41) is 23.2. The number of benzene rings is 2. The Kier molecular flexibility index (Phi) is 6.86. The number of aryl methyl sites for hydroxylation is 1. The highest BCUT2D eigenvalue weighted by Gasteiger charge is 2.40. The molecular weight excluding hydrogens is 543 g/mol. The number of likely N-dealkylation sites (tertiary alicyclic amines) is 1. The molecule has 14 heteroatoms. The van der Waals surface area contributed by atoms with Gasteiger partial charge in [0.05, 0.1) is 30.1 Å². The number of nitrogens with one attached hydrogen (secondary N) is 1. The number of alkyl halides is 1. The second-order valence-electron chi connectivity index (χ2n) is 9.93. The normalized spacial score (nSPS) is 16.6. The van der Waals surface area contributed by atoms with Gasteiger partial charge in [0, 0.05) is 30.0 Å². The molecule has 3 amide bonds. The molecule has 1 aliphatic rings. The van der Waals surface area contributed by atoms with Crippen molar-refractivity contribution in [1.82, 2.24) is 39.6 Å². The van der Waals surface area contributed by atoms with E-state index in [1.54, 1.807) is 78.9 Å². The van der Waals surface area contributed by atoms with Crippen molar-refractivity contribution >= 4 is 34.3 Å². The van der Waals surface area contributed by atoms with Crippen LogP contribution in [0.5, 0.6) is 0 Å². The van der Waals surface area contributed by atoms with Gasteiger partial charge in [-0.25, -0.2) is 4.39 Å². The van der Waals surface area contributed by atoms with Gasteiger partial charge in [0.2, 0.25) is 11.8 Å². The summed E-state index contributed by atoms with van der Waals surface area (Å²) in [6.07, 6.45) is 3.13. The predicted molar refractivity (Wildman–Crippen MR) is 149 cm³/mol. The first-order chi connectivity index (χ1) is 20.3. The summed E-state index contributed by atoms with van der Waals surface area (Å²) in [4.78, 5) is 40.3. The zero-order valence-electron chi connectivity index (χ0n) is 22.4. The average molecular weight is 569 g/mol. The van der Waals surface area contributed by atoms with Crippen molar-refractivity contribution < 1.29 is 18.8 Å². The van der Waals surface area contributed by atoms with Crippen LogP contribution in [0.25, 0.3) is 33.4 Å². The van der Waals surface area contributed by atoms with Gasteiger partial charge in [-0.2, -0.15) is 15.3 Å². The van der Waals surface area contributed by atoms with Crippen molar-refractivity contribution in [3.8, 4) is 22.5 Å². The van der Waals surface area contributed by atoms with Gasteiger partial charge in [-0.3, -0.25) is 19.1 Å². The van der Waals surface area contributed by atoms with E-state index in [1.165, 1.54) is 9.58 Å². The van der Waals surface area contributed by atoms with E-state index < -0.39 is 29.9 Å². The highest BCUT2D eigenvalue weighted by atomic mass is 19.1. The summed E-state index contributed by atoms with van der Waals surface area (Å²) in [5.41, 5.74) is 8.68. The first-order valence-corrected chi connectivity index (χ1v) is 13.1. The van der Waals surface area contributed by atoms with Crippen LogP contribution in [0.15, 0.2) is 67.3 Å². The molecule has 0 saturated carbocycles. The number of halogens is 1. The summed E-state index contributed by atoms with van der Waals surface area (Å²) in [7, 11) is 1.78. The molecular formula is C28H25FN10O3. The Morgan fingerprint density at radius 1 is 1.07 bits per heavy atom. The molecule has 1 aliphatic heterocycles. The quantitative estimate of drug-likeness (QED) is 0.301. The number of aromatic nitrogens is 7. The lowest BCUT2D eigenvalue weighted by Crippen LogP contribution is -2.44. The number of nitrogens with two attached hydrogens (primary N) is 1. The third kappa shape index (κ3) is 4.93. The van der Waals surface area contributed by atoms with Gasteiger partial charge in [0.25, 0.3) is 5.91 Å². The molecule has 42 heavy (non-hydrogen) atoms. The molecule has 4 heterocycles. The number of carbonyl (C=O) groups is 3. The Morgan fingerprint density at radius 3 is 2.64 bits per heavy atom. The fraction of sp³-hybridized carbons (Fsp3) is 0.214. The van der Waals surface area contributed by atoms with E-state index in [1.807, 2.05) is 0 Å². The maximum absolute atomic E-state index is 14.7. The monoisotopic (exact) mass is 568 g/mol. The number of hydrogen-bond donors (Lipinski definition) is 2. The number of anilines is 1. The van der Waals surface area contributed by atoms with Crippen molar-refractivity contribution in [2.24, 2.45) is 12.8 Å². The summed E-state index contributed by atoms with van der Waals surface area (Å²) in [6.45, 7) is -0.575. The zero-order valence-corrected chi connectivity index (χ0v) is 22.4. The van der Waals surface area contributed by atoms with E-state index in [0.29, 0.717) is 28.0 Å². The average Bonchev–Trinajstić information content (AvgIpc) is 3.70. The van der Waals surface area contributed by atoms with Crippen LogP contribution in [0.4, 0.5) is 10.1 Å². The number of primary amides is 1. The number of amides is 3. The Morgan fingerprint density at radius 2 is 1.90 bits per heavy atom. The highest BCUT2D eigenvalue weighted by molar-refractivity contribution is 6.05. The van der Waals surface area contributed by atoms with Crippen LogP contribution in [0.1, 0.15) is 16.9 Å². The molecule has 13 nitrogen and oxygen atoms in total. The lowest BCUT2D eigenvalue weighted by molar-refractivity contribution is -0.137. The molecule has 0 aliphatic carbocycles. The number of para-hydroxylation sites is 1. The fourth-order valence-electron chi connectivity index (χ4n) is 5.18. The predicted octanol–water partition coefficient (Wildman–Crippen LogP) is 1.97. The van der Waals surface area contributed by atoms with Crippen LogP contribution in [0, 0.1) is 0 Å². The number of hydrogen-bond acceptors (Lipinski definition) is 8. The summed E-state index contributed by atoms with van der Waals surface area (Å²) >= 11 is 0. The smallest absolute Gasteiger partial charge is 0.269 e. The minimum atomic E-state index is -1.38. The van der Waals surface area contributed by atoms with Gasteiger partial charge in [0.1, 0.15) is 25.1 Å². The minimum absolute atomic E-state index is 0.0128. The molecule has 1 fully saturated rings. The van der Waals surface area contributed by atoms with E-state index in [-0.39, 0.29) is 25.2 Å². The van der Waals surface area contributed by atoms with Gasteiger partial charge < -0.3 is 20.5 Å². The molecule has 212 valence electrons. The van der Waals surface area contributed by atoms with Gasteiger partial charge in [-0.05, 0) is 35.9 Å². The van der Waals surface area contributed by atoms with E-state index in [9.17, 15) is 18.8 Å². The molecule has 2 aromatic carbocycles. The van der Waals surface area contributed by atoms with Gasteiger partial charge >= 0.3 is 0 Å². The fourth-order valence-corrected chi connectivity index (χ4v) is 5.18. The maximum Gasteiger partial charge on any atom is 0.269 e. The van der Waals surface area contributed by atoms with Crippen molar-refractivity contribution in [2.75, 3.05) is 11.9 Å². The number of rotatable bonds is 7. The lowest BCUT2D eigenvalue weighted by atomic mass is 10.0. The summed E-state index contributed by atoms with van der Waals surface area (Å²) in [6, 6.07) is 13.0. The molecule has 3 aromatic heterocycles. The summed E-state index contributed by atoms with van der Waals surface area (Å²) in [5.74, 6) is -1.29. The maximum atomic E-state index is 14.7. The van der Waals surface area contributed by atoms with Crippen molar-refractivity contribution in [2.45, 2.75) is 25.2 Å². The Labute approximate surface area is 238 Å². The van der Waals surface area contributed by atoms with Gasteiger partial charge in [0.15, 0.2) is 11.5 Å². The highest BCUT2D eigenvalue weighted by Crippen LogP contribution is 2.29. The van der Waals surface area contributed by atoms with E-state index in [0.717, 1.165) is 11.1 Å². The van der Waals surface area contributed by atoms with Crippen LogP contribution in [0.2, 0.25) is 0 Å². The van der Waals surface area contributed by atoms with Crippen LogP contribution < -0.4 is 11.1 Å². The third-order valence-corrected chi connectivity index (χ3v) is 7.20. The molecule has 0 bridgehead atoms. The van der Waals surface area contributed by atoms with Crippen LogP contribution in [-0.4, -0.2) is 76.1 Å². The molecule has 1 saturated heterocycles. The molecule has 0 radical (unpaired) electrons. The van der Waals surface area contributed by atoms with Gasteiger partial charge in [-0.1, -0.05) is 18.2 Å². The van der Waals surface area contributed by atoms with Gasteiger partial charge in [-0.15, -0.1) is 10.2 Å². The summed E-state index contributed by atoms with van der Waals surface area (Å²) < 4.78 is 17.7. The molecule has 2 unspecified atom stereocenters. The van der Waals surface area contributed by atoms with Crippen molar-refractivity contribution in [3.63, 3.8) is 0 Å². The Bertz CT molecular complexity index is 1820. The van der Waals surface area contributed by atoms with E-state index >= 15 is 0 Å². The van der Waals surface area contributed by atoms with E-state index in [4.69, 9.17) is 5.73 Å². The lowest BCUT2D eigenvalue weighted by Gasteiger charge is -2.24. The Hall–Kier alpha value is -5.53. The molecule has 6 rings (SSSR count). The topological polar surface area (TPSA) is 167 Å². The number of nitrogens with zero attached hydrogens (tertiary/aromatic N) is 8. The standard InChI is InChI=1S/C28H25FN10O3/c1-37-15-33-35-27(37)19-4-2-3-5-21(19)34-28(42)23-11-18(29)13-38(23)24(40)14-39-22-7-6-16(17-8-9-31-32-12-17)10-20(22)25(36-39)26(30)41/h2-10,12,15,18,23H,11,13-14H2,1H3,(H2,30,41)(H,34,42). The SMILES string of the molecule is Cn1cnnc1-c1ccccc1NC(=O)C1CC(F)CN1C(=O)Cn1nc(C(N)=O)c2cc(-c3ccnnc3)ccc21. The Balaban J connectivity index is 1.26. The first-order valence-electron chi connectivity index (χ1n) is 13.1. The van der Waals surface area contributed by atoms with Crippen molar-refractivity contribution in [3.05, 3.63) is 72.9 Å².